The molecule has 0 aliphatic carbocycles. The van der Waals surface area contributed by atoms with E-state index in [2.05, 4.69) is 10.4 Å². The van der Waals surface area contributed by atoms with Crippen molar-refractivity contribution in [2.24, 2.45) is 7.05 Å². The number of likely N-dealkylation sites (N-methyl/N-ethyl adjacent to an activating group) is 1. The number of hydrogen-bond donors (Lipinski definition) is 1. The van der Waals surface area contributed by atoms with Crippen molar-refractivity contribution in [1.82, 2.24) is 15.1 Å². The number of hydrogen-bond acceptors (Lipinski definition) is 5. The van der Waals surface area contributed by atoms with E-state index in [1.165, 1.54) is 10.9 Å². The van der Waals surface area contributed by atoms with Crippen molar-refractivity contribution >= 4 is 11.5 Å². The number of aromatic nitrogens is 2. The molecule has 1 aromatic heterocycles. The van der Waals surface area contributed by atoms with Gasteiger partial charge in [-0.05, 0) is 13.5 Å². The molecule has 1 aliphatic rings. The van der Waals surface area contributed by atoms with Gasteiger partial charge in [0, 0.05) is 26.2 Å². The van der Waals surface area contributed by atoms with Crippen LogP contribution in [0.3, 0.4) is 0 Å². The standard InChI is InChI=1S/C9H15N5O2/c1-10-7-3-4-13(5-7)9-8(14(15)16)6-12(2)11-9/h6-7,10H,3-5H2,1-2H3. The fourth-order valence-corrected chi connectivity index (χ4v) is 2.01. The highest BCUT2D eigenvalue weighted by Crippen LogP contribution is 2.28. The Bertz CT molecular complexity index is 403. The van der Waals surface area contributed by atoms with Crippen molar-refractivity contribution in [3.63, 3.8) is 0 Å². The molecule has 1 aliphatic heterocycles. The number of anilines is 1. The molecule has 88 valence electrons. The topological polar surface area (TPSA) is 76.2 Å². The Morgan fingerprint density at radius 1 is 1.69 bits per heavy atom. The van der Waals surface area contributed by atoms with E-state index in [4.69, 9.17) is 0 Å². The SMILES string of the molecule is CNC1CCN(c2nn(C)cc2[N+](=O)[O-])C1. The Morgan fingerprint density at radius 3 is 3.00 bits per heavy atom. The van der Waals surface area contributed by atoms with E-state index in [1.54, 1.807) is 7.05 Å². The second-order valence-corrected chi connectivity index (χ2v) is 3.99. The van der Waals surface area contributed by atoms with Crippen LogP contribution < -0.4 is 10.2 Å². The molecule has 0 spiro atoms. The summed E-state index contributed by atoms with van der Waals surface area (Å²) in [6.45, 7) is 1.58. The first-order valence-electron chi connectivity index (χ1n) is 5.22. The molecule has 0 amide bonds. The molecule has 1 atom stereocenters. The minimum atomic E-state index is -0.380. The molecule has 7 heteroatoms. The van der Waals surface area contributed by atoms with Crippen LogP contribution in [-0.4, -0.2) is 40.9 Å². The second kappa shape index (κ2) is 4.09. The fourth-order valence-electron chi connectivity index (χ4n) is 2.01. The summed E-state index contributed by atoms with van der Waals surface area (Å²) in [5.41, 5.74) is 0.0826. The van der Waals surface area contributed by atoms with Crippen molar-refractivity contribution < 1.29 is 4.92 Å². The molecule has 0 aromatic carbocycles. The number of nitrogens with one attached hydrogen (secondary N) is 1. The zero-order chi connectivity index (χ0) is 11.7. The molecule has 0 radical (unpaired) electrons. The van der Waals surface area contributed by atoms with Crippen molar-refractivity contribution in [3.05, 3.63) is 16.3 Å². The molecule has 16 heavy (non-hydrogen) atoms. The van der Waals surface area contributed by atoms with Gasteiger partial charge in [0.2, 0.25) is 5.82 Å². The first-order chi connectivity index (χ1) is 7.61. The number of rotatable bonds is 3. The zero-order valence-corrected chi connectivity index (χ0v) is 9.38. The molecule has 1 aromatic rings. The minimum Gasteiger partial charge on any atom is -0.348 e. The average Bonchev–Trinajstić information content (AvgIpc) is 2.82. The lowest BCUT2D eigenvalue weighted by Crippen LogP contribution is -2.29. The summed E-state index contributed by atoms with van der Waals surface area (Å²) in [5, 5.41) is 18.2. The lowest BCUT2D eigenvalue weighted by molar-refractivity contribution is -0.384. The molecule has 1 saturated heterocycles. The van der Waals surface area contributed by atoms with E-state index >= 15 is 0 Å². The van der Waals surface area contributed by atoms with Crippen LogP contribution >= 0.6 is 0 Å². The predicted octanol–water partition coefficient (Wildman–Crippen LogP) is 0.126. The van der Waals surface area contributed by atoms with E-state index in [1.807, 2.05) is 11.9 Å². The van der Waals surface area contributed by atoms with Crippen molar-refractivity contribution in [2.45, 2.75) is 12.5 Å². The van der Waals surface area contributed by atoms with Crippen LogP contribution in [0.5, 0.6) is 0 Å². The maximum atomic E-state index is 10.9. The van der Waals surface area contributed by atoms with Gasteiger partial charge in [0.25, 0.3) is 0 Å². The quantitative estimate of drug-likeness (QED) is 0.584. The Kier molecular flexibility index (Phi) is 2.78. The number of nitrogens with zero attached hydrogens (tertiary/aromatic N) is 4. The summed E-state index contributed by atoms with van der Waals surface area (Å²) in [4.78, 5) is 12.4. The highest BCUT2D eigenvalue weighted by Gasteiger charge is 2.29. The van der Waals surface area contributed by atoms with Crippen LogP contribution in [0.25, 0.3) is 0 Å². The van der Waals surface area contributed by atoms with E-state index in [-0.39, 0.29) is 10.6 Å². The maximum Gasteiger partial charge on any atom is 0.330 e. The van der Waals surface area contributed by atoms with Crippen LogP contribution in [0.15, 0.2) is 6.20 Å². The van der Waals surface area contributed by atoms with E-state index in [9.17, 15) is 10.1 Å². The summed E-state index contributed by atoms with van der Waals surface area (Å²) in [7, 11) is 3.60. The lowest BCUT2D eigenvalue weighted by Gasteiger charge is -2.14. The third-order valence-electron chi connectivity index (χ3n) is 2.88. The van der Waals surface area contributed by atoms with Crippen LogP contribution in [0, 0.1) is 10.1 Å². The first-order valence-corrected chi connectivity index (χ1v) is 5.22. The summed E-state index contributed by atoms with van der Waals surface area (Å²) < 4.78 is 1.49. The molecular weight excluding hydrogens is 210 g/mol. The Labute approximate surface area is 93.2 Å². The van der Waals surface area contributed by atoms with E-state index in [0.29, 0.717) is 11.9 Å². The molecule has 2 heterocycles. The van der Waals surface area contributed by atoms with Gasteiger partial charge in [-0.25, -0.2) is 0 Å². The van der Waals surface area contributed by atoms with Gasteiger partial charge in [-0.15, -0.1) is 5.10 Å². The molecule has 7 nitrogen and oxygen atoms in total. The van der Waals surface area contributed by atoms with Crippen molar-refractivity contribution in [2.75, 3.05) is 25.0 Å². The van der Waals surface area contributed by atoms with Gasteiger partial charge in [-0.2, -0.15) is 0 Å². The van der Waals surface area contributed by atoms with E-state index in [0.717, 1.165) is 19.5 Å². The number of aryl methyl sites for hydroxylation is 1. The molecule has 1 unspecified atom stereocenters. The molecule has 1 N–H and O–H groups in total. The highest BCUT2D eigenvalue weighted by molar-refractivity contribution is 5.57. The maximum absolute atomic E-state index is 10.9. The van der Waals surface area contributed by atoms with Crippen LogP contribution in [0.1, 0.15) is 6.42 Å². The normalized spacial score (nSPS) is 20.4. The molecule has 1 fully saturated rings. The molecule has 0 bridgehead atoms. The van der Waals surface area contributed by atoms with Gasteiger partial charge in [0.05, 0.1) is 4.92 Å². The second-order valence-electron chi connectivity index (χ2n) is 3.99. The molecule has 2 rings (SSSR count). The van der Waals surface area contributed by atoms with Gasteiger partial charge >= 0.3 is 5.69 Å². The van der Waals surface area contributed by atoms with E-state index < -0.39 is 0 Å². The Hall–Kier alpha value is -1.63. The zero-order valence-electron chi connectivity index (χ0n) is 9.38. The monoisotopic (exact) mass is 225 g/mol. The first kappa shape index (κ1) is 10.9. The van der Waals surface area contributed by atoms with Crippen molar-refractivity contribution in [1.29, 1.82) is 0 Å². The summed E-state index contributed by atoms with van der Waals surface area (Å²) >= 11 is 0. The summed E-state index contributed by atoms with van der Waals surface area (Å²) in [5.74, 6) is 0.477. The number of nitro groups is 1. The summed E-state index contributed by atoms with van der Waals surface area (Å²) in [6.07, 6.45) is 2.44. The average molecular weight is 225 g/mol. The minimum absolute atomic E-state index is 0.0826. The largest absolute Gasteiger partial charge is 0.348 e. The van der Waals surface area contributed by atoms with Crippen LogP contribution in [0.4, 0.5) is 11.5 Å². The fraction of sp³-hybridized carbons (Fsp3) is 0.667. The Balaban J connectivity index is 2.23. The van der Waals surface area contributed by atoms with Gasteiger partial charge in [0.15, 0.2) is 0 Å². The summed E-state index contributed by atoms with van der Waals surface area (Å²) in [6, 6.07) is 0.390. The smallest absolute Gasteiger partial charge is 0.330 e. The highest BCUT2D eigenvalue weighted by atomic mass is 16.6. The third kappa shape index (κ3) is 1.85. The van der Waals surface area contributed by atoms with Gasteiger partial charge < -0.3 is 10.2 Å². The third-order valence-corrected chi connectivity index (χ3v) is 2.88. The van der Waals surface area contributed by atoms with Gasteiger partial charge in [0.1, 0.15) is 6.20 Å². The predicted molar refractivity (Wildman–Crippen MR) is 59.5 cm³/mol. The van der Waals surface area contributed by atoms with Crippen LogP contribution in [-0.2, 0) is 7.05 Å². The van der Waals surface area contributed by atoms with Gasteiger partial charge in [-0.3, -0.25) is 14.8 Å². The van der Waals surface area contributed by atoms with Crippen molar-refractivity contribution in [3.8, 4) is 0 Å². The Morgan fingerprint density at radius 2 is 2.44 bits per heavy atom. The molecular formula is C9H15N5O2. The van der Waals surface area contributed by atoms with Crippen LogP contribution in [0.2, 0.25) is 0 Å². The lowest BCUT2D eigenvalue weighted by atomic mass is 10.3. The van der Waals surface area contributed by atoms with Gasteiger partial charge in [-0.1, -0.05) is 0 Å². The molecule has 0 saturated carbocycles.